The summed E-state index contributed by atoms with van der Waals surface area (Å²) in [6, 6.07) is 4.80. The van der Waals surface area contributed by atoms with Gasteiger partial charge < -0.3 is 9.42 Å². The van der Waals surface area contributed by atoms with Gasteiger partial charge in [0, 0.05) is 25.6 Å². The molecule has 0 spiro atoms. The Kier molecular flexibility index (Phi) is 4.14. The van der Waals surface area contributed by atoms with Crippen LogP contribution in [0.4, 0.5) is 5.69 Å². The van der Waals surface area contributed by atoms with E-state index in [1.807, 2.05) is 6.92 Å². The van der Waals surface area contributed by atoms with Crippen molar-refractivity contribution in [2.75, 3.05) is 4.90 Å². The molecule has 1 amide bonds. The van der Waals surface area contributed by atoms with Gasteiger partial charge in [0.1, 0.15) is 0 Å². The summed E-state index contributed by atoms with van der Waals surface area (Å²) in [6.45, 7) is 5.03. The van der Waals surface area contributed by atoms with Crippen LogP contribution >= 0.6 is 0 Å². The first kappa shape index (κ1) is 16.6. The number of fused-ring (bicyclic) bond motifs is 1. The van der Waals surface area contributed by atoms with Crippen LogP contribution in [0.3, 0.4) is 0 Å². The number of carbonyl (C=O) groups excluding carboxylic acids is 1. The van der Waals surface area contributed by atoms with Crippen LogP contribution in [0.5, 0.6) is 0 Å². The quantitative estimate of drug-likeness (QED) is 0.887. The van der Waals surface area contributed by atoms with Gasteiger partial charge >= 0.3 is 0 Å². The van der Waals surface area contributed by atoms with Crippen molar-refractivity contribution < 1.29 is 17.7 Å². The van der Waals surface area contributed by atoms with E-state index in [1.165, 1.54) is 13.0 Å². The van der Waals surface area contributed by atoms with E-state index < -0.39 is 10.0 Å². The number of rotatable bonds is 4. The topological polar surface area (TPSA) is 105 Å². The first-order chi connectivity index (χ1) is 11.3. The number of nitrogens with one attached hydrogen (secondary N) is 1. The fourth-order valence-electron chi connectivity index (χ4n) is 2.91. The molecule has 0 aliphatic carbocycles. The molecule has 1 aromatic heterocycles. The highest BCUT2D eigenvalue weighted by Gasteiger charge is 2.30. The third-order valence-electron chi connectivity index (χ3n) is 3.91. The molecule has 24 heavy (non-hydrogen) atoms. The maximum Gasteiger partial charge on any atom is 0.240 e. The SMILES string of the molecule is CC(=O)N1c2ccc(S(=O)(=O)NCc3noc(C)n3)cc2C[C@@H]1C. The molecule has 8 nitrogen and oxygen atoms in total. The molecule has 1 aromatic carbocycles. The second kappa shape index (κ2) is 5.99. The molecular weight excluding hydrogens is 332 g/mol. The standard InChI is InChI=1S/C15H18N4O4S/c1-9-6-12-7-13(4-5-14(12)19(9)11(3)20)24(21,22)16-8-15-17-10(2)23-18-15/h4-5,7,9,16H,6,8H2,1-3H3/t9-/m0/s1. The van der Waals surface area contributed by atoms with Crippen LogP contribution in [-0.2, 0) is 27.8 Å². The molecule has 128 valence electrons. The van der Waals surface area contributed by atoms with Crippen molar-refractivity contribution in [3.05, 3.63) is 35.5 Å². The number of nitrogens with zero attached hydrogens (tertiary/aromatic N) is 3. The summed E-state index contributed by atoms with van der Waals surface area (Å²) in [5.41, 5.74) is 1.61. The lowest BCUT2D eigenvalue weighted by molar-refractivity contribution is -0.116. The number of benzene rings is 1. The van der Waals surface area contributed by atoms with E-state index in [9.17, 15) is 13.2 Å². The highest BCUT2D eigenvalue weighted by atomic mass is 32.2. The van der Waals surface area contributed by atoms with Crippen molar-refractivity contribution in [3.63, 3.8) is 0 Å². The lowest BCUT2D eigenvalue weighted by Crippen LogP contribution is -2.33. The fraction of sp³-hybridized carbons (Fsp3) is 0.400. The summed E-state index contributed by atoms with van der Waals surface area (Å²) in [5.74, 6) is 0.594. The molecular formula is C15H18N4O4S. The van der Waals surface area contributed by atoms with Crippen LogP contribution in [0.2, 0.25) is 0 Å². The van der Waals surface area contributed by atoms with Crippen LogP contribution in [-0.4, -0.2) is 30.5 Å². The van der Waals surface area contributed by atoms with E-state index in [0.717, 1.165) is 11.3 Å². The van der Waals surface area contributed by atoms with E-state index in [1.54, 1.807) is 24.0 Å². The van der Waals surface area contributed by atoms with E-state index >= 15 is 0 Å². The predicted molar refractivity (Wildman–Crippen MR) is 85.8 cm³/mol. The highest BCUT2D eigenvalue weighted by molar-refractivity contribution is 7.89. The van der Waals surface area contributed by atoms with E-state index in [2.05, 4.69) is 14.9 Å². The molecule has 0 radical (unpaired) electrons. The summed E-state index contributed by atoms with van der Waals surface area (Å²) < 4.78 is 32.1. The minimum absolute atomic E-state index is 0.0192. The molecule has 0 saturated carbocycles. The summed E-state index contributed by atoms with van der Waals surface area (Å²) in [6.07, 6.45) is 0.627. The van der Waals surface area contributed by atoms with Gasteiger partial charge in [-0.05, 0) is 37.1 Å². The molecule has 0 bridgehead atoms. The second-order valence-corrected chi connectivity index (χ2v) is 7.55. The maximum atomic E-state index is 12.4. The minimum Gasteiger partial charge on any atom is -0.340 e. The minimum atomic E-state index is -3.70. The Balaban J connectivity index is 1.82. The monoisotopic (exact) mass is 350 g/mol. The predicted octanol–water partition coefficient (Wildman–Crippen LogP) is 1.15. The zero-order valence-corrected chi connectivity index (χ0v) is 14.4. The van der Waals surface area contributed by atoms with Crippen LogP contribution in [0.15, 0.2) is 27.6 Å². The van der Waals surface area contributed by atoms with E-state index in [0.29, 0.717) is 12.3 Å². The van der Waals surface area contributed by atoms with Gasteiger partial charge in [-0.15, -0.1) is 0 Å². The molecule has 0 saturated heterocycles. The van der Waals surface area contributed by atoms with Crippen LogP contribution in [0.25, 0.3) is 0 Å². The van der Waals surface area contributed by atoms with Gasteiger partial charge in [-0.2, -0.15) is 4.98 Å². The van der Waals surface area contributed by atoms with Crippen molar-refractivity contribution >= 4 is 21.6 Å². The number of aryl methyl sites for hydroxylation is 1. The molecule has 0 fully saturated rings. The third kappa shape index (κ3) is 3.04. The van der Waals surface area contributed by atoms with Gasteiger partial charge in [0.2, 0.25) is 21.8 Å². The summed E-state index contributed by atoms with van der Waals surface area (Å²) in [4.78, 5) is 17.5. The summed E-state index contributed by atoms with van der Waals surface area (Å²) in [5, 5.41) is 3.65. The van der Waals surface area contributed by atoms with Crippen LogP contribution < -0.4 is 9.62 Å². The molecule has 1 N–H and O–H groups in total. The first-order valence-corrected chi connectivity index (χ1v) is 8.98. The number of amides is 1. The van der Waals surface area contributed by atoms with Gasteiger partial charge in [0.15, 0.2) is 5.82 Å². The first-order valence-electron chi connectivity index (χ1n) is 7.49. The summed E-state index contributed by atoms with van der Waals surface area (Å²) in [7, 11) is -3.70. The Morgan fingerprint density at radius 2 is 2.21 bits per heavy atom. The molecule has 2 aromatic rings. The maximum absolute atomic E-state index is 12.4. The lowest BCUT2D eigenvalue weighted by Gasteiger charge is -2.20. The number of hydrogen-bond acceptors (Lipinski definition) is 6. The average Bonchev–Trinajstić information content (AvgIpc) is 3.06. The molecule has 2 heterocycles. The molecule has 1 aliphatic rings. The van der Waals surface area contributed by atoms with Crippen molar-refractivity contribution in [1.29, 1.82) is 0 Å². The number of hydrogen-bond donors (Lipinski definition) is 1. The van der Waals surface area contributed by atoms with Crippen molar-refractivity contribution in [2.45, 2.75) is 44.7 Å². The Labute approximate surface area is 139 Å². The molecule has 9 heteroatoms. The fourth-order valence-corrected chi connectivity index (χ4v) is 3.94. The largest absolute Gasteiger partial charge is 0.340 e. The zero-order valence-electron chi connectivity index (χ0n) is 13.6. The summed E-state index contributed by atoms with van der Waals surface area (Å²) >= 11 is 0. The average molecular weight is 350 g/mol. The third-order valence-corrected chi connectivity index (χ3v) is 5.30. The normalized spacial score (nSPS) is 17.1. The molecule has 1 aliphatic heterocycles. The van der Waals surface area contributed by atoms with Crippen molar-refractivity contribution in [3.8, 4) is 0 Å². The Morgan fingerprint density at radius 1 is 1.46 bits per heavy atom. The van der Waals surface area contributed by atoms with Crippen molar-refractivity contribution in [2.24, 2.45) is 0 Å². The lowest BCUT2D eigenvalue weighted by atomic mass is 10.1. The van der Waals surface area contributed by atoms with Gasteiger partial charge in [-0.25, -0.2) is 13.1 Å². The molecule has 1 atom stereocenters. The Morgan fingerprint density at radius 3 is 2.83 bits per heavy atom. The van der Waals surface area contributed by atoms with E-state index in [-0.39, 0.29) is 29.2 Å². The zero-order chi connectivity index (χ0) is 17.5. The van der Waals surface area contributed by atoms with Gasteiger partial charge in [-0.1, -0.05) is 5.16 Å². The van der Waals surface area contributed by atoms with Crippen LogP contribution in [0, 0.1) is 6.92 Å². The van der Waals surface area contributed by atoms with Crippen molar-refractivity contribution in [1.82, 2.24) is 14.9 Å². The Bertz CT molecular complexity index is 891. The highest BCUT2D eigenvalue weighted by Crippen LogP contribution is 2.33. The number of sulfonamides is 1. The number of aromatic nitrogens is 2. The van der Waals surface area contributed by atoms with E-state index in [4.69, 9.17) is 4.52 Å². The Hall–Kier alpha value is -2.26. The van der Waals surface area contributed by atoms with Gasteiger partial charge in [-0.3, -0.25) is 4.79 Å². The molecule has 3 rings (SSSR count). The molecule has 0 unspecified atom stereocenters. The number of carbonyl (C=O) groups is 1. The van der Waals surface area contributed by atoms with Gasteiger partial charge in [0.05, 0.1) is 11.4 Å². The second-order valence-electron chi connectivity index (χ2n) is 5.79. The van der Waals surface area contributed by atoms with Gasteiger partial charge in [0.25, 0.3) is 0 Å². The smallest absolute Gasteiger partial charge is 0.240 e. The number of anilines is 1. The van der Waals surface area contributed by atoms with Crippen LogP contribution in [0.1, 0.15) is 31.1 Å².